The molecule has 0 atom stereocenters. The molecule has 0 aliphatic rings. The molecule has 2 aromatic rings. The Morgan fingerprint density at radius 3 is 2.85 bits per heavy atom. The van der Waals surface area contributed by atoms with Crippen LogP contribution in [0.1, 0.15) is 12.2 Å². The van der Waals surface area contributed by atoms with Gasteiger partial charge in [0.25, 0.3) is 0 Å². The number of hydrogen-bond acceptors (Lipinski definition) is 3. The Hall–Kier alpha value is -0.810. The van der Waals surface area contributed by atoms with Crippen LogP contribution in [0.3, 0.4) is 0 Å². The highest BCUT2D eigenvalue weighted by atomic mass is 35.5. The Balaban J connectivity index is 2.02. The number of benzene rings is 1. The van der Waals surface area contributed by atoms with Crippen molar-refractivity contribution in [3.63, 3.8) is 0 Å². The number of hydrogen-bond donors (Lipinski definition) is 0. The van der Waals surface area contributed by atoms with E-state index in [1.165, 1.54) is 0 Å². The molecule has 1 aromatic carbocycles. The molecular formula is C14H18Cl2N2O2. The van der Waals surface area contributed by atoms with Gasteiger partial charge >= 0.3 is 0 Å². The predicted octanol–water partition coefficient (Wildman–Crippen LogP) is 3.48. The lowest BCUT2D eigenvalue weighted by molar-refractivity contribution is 0.0681. The van der Waals surface area contributed by atoms with Crippen molar-refractivity contribution in [1.82, 2.24) is 9.55 Å². The van der Waals surface area contributed by atoms with Crippen LogP contribution >= 0.6 is 23.2 Å². The molecule has 0 aliphatic heterocycles. The fourth-order valence-electron chi connectivity index (χ4n) is 2.07. The van der Waals surface area contributed by atoms with Crippen LogP contribution in [0.5, 0.6) is 0 Å². The summed E-state index contributed by atoms with van der Waals surface area (Å²) in [5, 5.41) is 0.705. The van der Waals surface area contributed by atoms with Gasteiger partial charge in [-0.2, -0.15) is 0 Å². The molecule has 0 saturated heterocycles. The number of fused-ring (bicyclic) bond motifs is 1. The lowest BCUT2D eigenvalue weighted by atomic mass is 10.3. The number of aromatic nitrogens is 2. The zero-order valence-electron chi connectivity index (χ0n) is 11.4. The Bertz CT molecular complexity index is 557. The molecule has 0 fully saturated rings. The van der Waals surface area contributed by atoms with Gasteiger partial charge in [0.1, 0.15) is 5.82 Å². The summed E-state index contributed by atoms with van der Waals surface area (Å²) in [5.41, 5.74) is 1.94. The zero-order chi connectivity index (χ0) is 14.4. The molecule has 1 aromatic heterocycles. The molecule has 0 unspecified atom stereocenters. The molecule has 4 nitrogen and oxygen atoms in total. The highest BCUT2D eigenvalue weighted by Crippen LogP contribution is 2.22. The molecule has 0 spiro atoms. The van der Waals surface area contributed by atoms with E-state index in [4.69, 9.17) is 32.7 Å². The third-order valence-electron chi connectivity index (χ3n) is 3.01. The lowest BCUT2D eigenvalue weighted by Crippen LogP contribution is -2.08. The van der Waals surface area contributed by atoms with Crippen LogP contribution in [0.25, 0.3) is 11.0 Å². The summed E-state index contributed by atoms with van der Waals surface area (Å²) in [6.45, 7) is 2.74. The molecule has 0 radical (unpaired) electrons. The first kappa shape index (κ1) is 15.6. The van der Waals surface area contributed by atoms with Gasteiger partial charge in [0.15, 0.2) is 0 Å². The number of ether oxygens (including phenoxy) is 2. The molecule has 2 rings (SSSR count). The van der Waals surface area contributed by atoms with Crippen LogP contribution in [0.4, 0.5) is 0 Å². The summed E-state index contributed by atoms with van der Waals surface area (Å²) in [5.74, 6) is 1.25. The number of nitrogens with zero attached hydrogens (tertiary/aromatic N) is 2. The number of aryl methyl sites for hydroxylation is 1. The predicted molar refractivity (Wildman–Crippen MR) is 81.6 cm³/mol. The van der Waals surface area contributed by atoms with Crippen LogP contribution < -0.4 is 0 Å². The molecule has 0 saturated carbocycles. The topological polar surface area (TPSA) is 36.3 Å². The number of methoxy groups -OCH3 is 1. The van der Waals surface area contributed by atoms with Crippen molar-refractivity contribution in [2.45, 2.75) is 18.8 Å². The Labute approximate surface area is 128 Å². The van der Waals surface area contributed by atoms with E-state index in [0.717, 1.165) is 29.8 Å². The summed E-state index contributed by atoms with van der Waals surface area (Å²) in [6.07, 6.45) is 0.894. The third kappa shape index (κ3) is 3.85. The molecule has 1 heterocycles. The molecule has 0 bridgehead atoms. The molecule has 110 valence electrons. The smallest absolute Gasteiger partial charge is 0.124 e. The van der Waals surface area contributed by atoms with Crippen molar-refractivity contribution in [1.29, 1.82) is 0 Å². The average molecular weight is 317 g/mol. The third-order valence-corrected chi connectivity index (χ3v) is 3.49. The van der Waals surface area contributed by atoms with Gasteiger partial charge in [-0.3, -0.25) is 0 Å². The average Bonchev–Trinajstić information content (AvgIpc) is 2.80. The van der Waals surface area contributed by atoms with Gasteiger partial charge in [-0.25, -0.2) is 4.98 Å². The van der Waals surface area contributed by atoms with E-state index in [1.54, 1.807) is 7.11 Å². The maximum absolute atomic E-state index is 6.05. The van der Waals surface area contributed by atoms with Crippen LogP contribution in [0, 0.1) is 0 Å². The second-order valence-corrected chi connectivity index (χ2v) is 5.11. The van der Waals surface area contributed by atoms with Crippen molar-refractivity contribution in [2.75, 3.05) is 26.9 Å². The maximum atomic E-state index is 6.05. The largest absolute Gasteiger partial charge is 0.382 e. The fraction of sp³-hybridized carbons (Fsp3) is 0.500. The maximum Gasteiger partial charge on any atom is 0.124 e. The minimum Gasteiger partial charge on any atom is -0.382 e. The van der Waals surface area contributed by atoms with Crippen molar-refractivity contribution >= 4 is 34.2 Å². The Morgan fingerprint density at radius 1 is 1.25 bits per heavy atom. The first-order valence-electron chi connectivity index (χ1n) is 6.53. The van der Waals surface area contributed by atoms with E-state index in [0.29, 0.717) is 30.7 Å². The van der Waals surface area contributed by atoms with Gasteiger partial charge in [-0.15, -0.1) is 11.6 Å². The highest BCUT2D eigenvalue weighted by molar-refractivity contribution is 6.31. The SMILES string of the molecule is COCCOCCCn1c(CCl)nc2ccc(Cl)cc21. The number of halogens is 2. The van der Waals surface area contributed by atoms with Gasteiger partial charge in [-0.1, -0.05) is 11.6 Å². The first-order valence-corrected chi connectivity index (χ1v) is 7.45. The number of alkyl halides is 1. The zero-order valence-corrected chi connectivity index (χ0v) is 13.0. The first-order chi connectivity index (χ1) is 9.76. The molecule has 6 heteroatoms. The van der Waals surface area contributed by atoms with E-state index in [1.807, 2.05) is 18.2 Å². The van der Waals surface area contributed by atoms with Crippen LogP contribution in [-0.4, -0.2) is 36.5 Å². The van der Waals surface area contributed by atoms with Gasteiger partial charge in [0.2, 0.25) is 0 Å². The summed E-state index contributed by atoms with van der Waals surface area (Å²) < 4.78 is 12.5. The summed E-state index contributed by atoms with van der Waals surface area (Å²) in [6, 6.07) is 5.68. The van der Waals surface area contributed by atoms with E-state index in [2.05, 4.69) is 9.55 Å². The van der Waals surface area contributed by atoms with Crippen molar-refractivity contribution in [3.8, 4) is 0 Å². The minimum absolute atomic E-state index is 0.386. The van der Waals surface area contributed by atoms with Gasteiger partial charge in [0.05, 0.1) is 30.1 Å². The Morgan fingerprint density at radius 2 is 2.10 bits per heavy atom. The quantitative estimate of drug-likeness (QED) is 0.552. The second-order valence-electron chi connectivity index (χ2n) is 4.41. The van der Waals surface area contributed by atoms with E-state index >= 15 is 0 Å². The van der Waals surface area contributed by atoms with Crippen molar-refractivity contribution in [2.24, 2.45) is 0 Å². The van der Waals surface area contributed by atoms with E-state index in [-0.39, 0.29) is 0 Å². The number of imidazole rings is 1. The summed E-state index contributed by atoms with van der Waals surface area (Å²) >= 11 is 12.0. The van der Waals surface area contributed by atoms with E-state index < -0.39 is 0 Å². The van der Waals surface area contributed by atoms with Crippen molar-refractivity contribution < 1.29 is 9.47 Å². The van der Waals surface area contributed by atoms with Crippen LogP contribution in [-0.2, 0) is 21.9 Å². The molecule has 20 heavy (non-hydrogen) atoms. The molecule has 0 aliphatic carbocycles. The van der Waals surface area contributed by atoms with Gasteiger partial charge in [0, 0.05) is 25.3 Å². The second kappa shape index (κ2) is 7.84. The normalized spacial score (nSPS) is 11.3. The van der Waals surface area contributed by atoms with Gasteiger partial charge in [-0.05, 0) is 24.6 Å². The molecular weight excluding hydrogens is 299 g/mol. The molecule has 0 N–H and O–H groups in total. The van der Waals surface area contributed by atoms with Crippen molar-refractivity contribution in [3.05, 3.63) is 29.0 Å². The molecule has 0 amide bonds. The highest BCUT2D eigenvalue weighted by Gasteiger charge is 2.10. The number of rotatable bonds is 8. The standard InChI is InChI=1S/C14H18Cl2N2O2/c1-19-7-8-20-6-2-5-18-13-9-11(16)3-4-12(13)17-14(18)10-15/h3-4,9H,2,5-8,10H2,1H3. The monoisotopic (exact) mass is 316 g/mol. The lowest BCUT2D eigenvalue weighted by Gasteiger charge is -2.08. The van der Waals surface area contributed by atoms with Gasteiger partial charge < -0.3 is 14.0 Å². The van der Waals surface area contributed by atoms with Crippen LogP contribution in [0.15, 0.2) is 18.2 Å². The minimum atomic E-state index is 0.386. The van der Waals surface area contributed by atoms with Crippen LogP contribution in [0.2, 0.25) is 5.02 Å². The summed E-state index contributed by atoms with van der Waals surface area (Å²) in [7, 11) is 1.66. The summed E-state index contributed by atoms with van der Waals surface area (Å²) in [4.78, 5) is 4.51. The fourth-order valence-corrected chi connectivity index (χ4v) is 2.44. The Kier molecular flexibility index (Phi) is 6.10. The van der Waals surface area contributed by atoms with E-state index in [9.17, 15) is 0 Å².